The van der Waals surface area contributed by atoms with Crippen LogP contribution in [-0.2, 0) is 19.2 Å². The Morgan fingerprint density at radius 3 is 2.57 bits per heavy atom. The van der Waals surface area contributed by atoms with Crippen molar-refractivity contribution in [3.8, 4) is 22.5 Å². The molecule has 0 saturated heterocycles. The van der Waals surface area contributed by atoms with Crippen molar-refractivity contribution >= 4 is 17.2 Å². The van der Waals surface area contributed by atoms with Gasteiger partial charge in [0.15, 0.2) is 11.4 Å². The Labute approximate surface area is 245 Å². The molecular formula is C33H38N6O3. The van der Waals surface area contributed by atoms with Gasteiger partial charge in [-0.15, -0.1) is 0 Å². The van der Waals surface area contributed by atoms with Gasteiger partial charge in [-0.1, -0.05) is 30.3 Å². The molecule has 0 radical (unpaired) electrons. The maximum absolute atomic E-state index is 13.0. The molecule has 0 aliphatic heterocycles. The fourth-order valence-corrected chi connectivity index (χ4v) is 5.17. The lowest BCUT2D eigenvalue weighted by Crippen LogP contribution is -2.19. The summed E-state index contributed by atoms with van der Waals surface area (Å²) in [4.78, 5) is 22.4. The van der Waals surface area contributed by atoms with Crippen molar-refractivity contribution in [3.63, 3.8) is 0 Å². The summed E-state index contributed by atoms with van der Waals surface area (Å²) in [6.07, 6.45) is 5.34. The maximum Gasteiger partial charge on any atom is 0.165 e. The van der Waals surface area contributed by atoms with Gasteiger partial charge in [0.05, 0.1) is 11.4 Å². The van der Waals surface area contributed by atoms with Crippen LogP contribution in [0.25, 0.3) is 28.2 Å². The average molecular weight is 567 g/mol. The number of ketones is 1. The number of hydrogen-bond acceptors (Lipinski definition) is 7. The van der Waals surface area contributed by atoms with Crippen LogP contribution in [-0.4, -0.2) is 46.8 Å². The number of unbranched alkanes of at least 4 members (excludes halogenated alkanes) is 1. The van der Waals surface area contributed by atoms with Crippen molar-refractivity contribution in [2.75, 3.05) is 11.9 Å². The number of carbonyl (C=O) groups is 1. The Balaban J connectivity index is 1.54. The topological polar surface area (TPSA) is 118 Å². The molecule has 0 saturated carbocycles. The van der Waals surface area contributed by atoms with Gasteiger partial charge >= 0.3 is 0 Å². The normalized spacial score (nSPS) is 11.8. The summed E-state index contributed by atoms with van der Waals surface area (Å²) in [6, 6.07) is 15.9. The zero-order valence-corrected chi connectivity index (χ0v) is 24.8. The Bertz CT molecular complexity index is 1740. The van der Waals surface area contributed by atoms with Crippen molar-refractivity contribution in [1.29, 1.82) is 0 Å². The van der Waals surface area contributed by atoms with E-state index in [1.165, 1.54) is 0 Å². The van der Waals surface area contributed by atoms with Gasteiger partial charge in [-0.2, -0.15) is 9.61 Å². The molecule has 2 aromatic carbocycles. The van der Waals surface area contributed by atoms with Crippen LogP contribution in [0.1, 0.15) is 66.0 Å². The number of nitrogens with zero attached hydrogens (tertiary/aromatic N) is 5. The molecule has 3 N–H and O–H groups in total. The SMILES string of the molecule is Cc1ccc(-c2c(C)nn3c(NCc4cccc(-c5nccn5C)c4)cc(C(C)(C)O)nc23)cc1C(=O)CCCCO. The highest BCUT2D eigenvalue weighted by atomic mass is 16.3. The van der Waals surface area contributed by atoms with Gasteiger partial charge in [0.2, 0.25) is 0 Å². The van der Waals surface area contributed by atoms with Crippen LogP contribution < -0.4 is 5.32 Å². The molecule has 5 aromatic rings. The molecule has 0 atom stereocenters. The number of Topliss-reactive ketones (excluding diaryl/α,β-unsaturated/α-hetero) is 1. The van der Waals surface area contributed by atoms with Crippen LogP contribution in [0.2, 0.25) is 0 Å². The van der Waals surface area contributed by atoms with E-state index in [-0.39, 0.29) is 12.4 Å². The number of hydrogen-bond donors (Lipinski definition) is 3. The summed E-state index contributed by atoms with van der Waals surface area (Å²) in [5.74, 6) is 1.64. The number of aromatic nitrogens is 5. The van der Waals surface area contributed by atoms with Crippen LogP contribution in [0.15, 0.2) is 60.9 Å². The van der Waals surface area contributed by atoms with Crippen LogP contribution in [0.5, 0.6) is 0 Å². The molecule has 9 heteroatoms. The summed E-state index contributed by atoms with van der Waals surface area (Å²) in [5.41, 5.74) is 5.99. The van der Waals surface area contributed by atoms with E-state index in [1.54, 1.807) is 24.6 Å². The van der Waals surface area contributed by atoms with Crippen LogP contribution in [0.4, 0.5) is 5.82 Å². The van der Waals surface area contributed by atoms with E-state index in [0.29, 0.717) is 48.5 Å². The largest absolute Gasteiger partial charge is 0.396 e. The number of aryl methyl sites for hydroxylation is 3. The van der Waals surface area contributed by atoms with Crippen molar-refractivity contribution in [2.24, 2.45) is 7.05 Å². The molecule has 3 heterocycles. The molecular weight excluding hydrogens is 528 g/mol. The highest BCUT2D eigenvalue weighted by Gasteiger charge is 2.24. The van der Waals surface area contributed by atoms with Gasteiger partial charge in [-0.05, 0) is 69.4 Å². The van der Waals surface area contributed by atoms with Crippen LogP contribution in [0, 0.1) is 13.8 Å². The number of rotatable bonds is 11. The molecule has 0 unspecified atom stereocenters. The number of imidazole rings is 1. The Kier molecular flexibility index (Phi) is 8.24. The minimum Gasteiger partial charge on any atom is -0.396 e. The first-order chi connectivity index (χ1) is 20.1. The van der Waals surface area contributed by atoms with Crippen molar-refractivity contribution in [2.45, 2.75) is 59.1 Å². The van der Waals surface area contributed by atoms with E-state index < -0.39 is 5.60 Å². The quantitative estimate of drug-likeness (QED) is 0.141. The monoisotopic (exact) mass is 566 g/mol. The molecule has 42 heavy (non-hydrogen) atoms. The molecule has 218 valence electrons. The number of carbonyl (C=O) groups excluding carboxylic acids is 1. The number of anilines is 1. The summed E-state index contributed by atoms with van der Waals surface area (Å²) in [7, 11) is 1.97. The zero-order chi connectivity index (χ0) is 30.0. The highest BCUT2D eigenvalue weighted by Crippen LogP contribution is 2.33. The maximum atomic E-state index is 13.0. The van der Waals surface area contributed by atoms with E-state index >= 15 is 0 Å². The minimum absolute atomic E-state index is 0.0530. The van der Waals surface area contributed by atoms with E-state index in [9.17, 15) is 9.90 Å². The molecule has 5 rings (SSSR count). The van der Waals surface area contributed by atoms with E-state index in [2.05, 4.69) is 22.4 Å². The summed E-state index contributed by atoms with van der Waals surface area (Å²) in [5, 5.41) is 28.4. The number of aliphatic hydroxyl groups excluding tert-OH is 1. The summed E-state index contributed by atoms with van der Waals surface area (Å²) < 4.78 is 3.76. The van der Waals surface area contributed by atoms with E-state index in [1.807, 2.05) is 68.1 Å². The van der Waals surface area contributed by atoms with Gasteiger partial charge in [0, 0.05) is 61.8 Å². The average Bonchev–Trinajstić information content (AvgIpc) is 3.54. The predicted octanol–water partition coefficient (Wildman–Crippen LogP) is 5.60. The fraction of sp³-hybridized carbons (Fsp3) is 0.333. The third-order valence-corrected chi connectivity index (χ3v) is 7.51. The number of fused-ring (bicyclic) bond motifs is 1. The highest BCUT2D eigenvalue weighted by molar-refractivity contribution is 5.99. The number of nitrogens with one attached hydrogen (secondary N) is 1. The summed E-state index contributed by atoms with van der Waals surface area (Å²) >= 11 is 0. The first kappa shape index (κ1) is 29.2. The van der Waals surface area contributed by atoms with Crippen LogP contribution in [0.3, 0.4) is 0 Å². The number of benzene rings is 2. The van der Waals surface area contributed by atoms with Gasteiger partial charge in [-0.25, -0.2) is 9.97 Å². The Hall–Kier alpha value is -4.34. The lowest BCUT2D eigenvalue weighted by atomic mass is 9.95. The molecule has 0 aliphatic carbocycles. The minimum atomic E-state index is -1.19. The van der Waals surface area contributed by atoms with Gasteiger partial charge in [0.25, 0.3) is 0 Å². The lowest BCUT2D eigenvalue weighted by Gasteiger charge is -2.19. The second kappa shape index (κ2) is 11.9. The first-order valence-electron chi connectivity index (χ1n) is 14.3. The third kappa shape index (κ3) is 5.98. The second-order valence-electron chi connectivity index (χ2n) is 11.3. The van der Waals surface area contributed by atoms with Gasteiger partial charge in [0.1, 0.15) is 17.2 Å². The number of aliphatic hydroxyl groups is 2. The molecule has 0 amide bonds. The fourth-order valence-electron chi connectivity index (χ4n) is 5.17. The lowest BCUT2D eigenvalue weighted by molar-refractivity contribution is 0.0740. The standard InChI is InChI=1S/C33H38N6O3/c1-21-12-13-24(18-26(21)27(41)11-6-7-16-40)30-22(2)37-39-29(19-28(33(3,4)42)36-32(30)39)35-20-23-9-8-10-25(17-23)31-34-14-15-38(31)5/h8-10,12-15,17-19,35,40,42H,6-7,11,16,20H2,1-5H3. The molecule has 0 bridgehead atoms. The third-order valence-electron chi connectivity index (χ3n) is 7.51. The van der Waals surface area contributed by atoms with Crippen LogP contribution >= 0.6 is 0 Å². The van der Waals surface area contributed by atoms with E-state index in [4.69, 9.17) is 15.2 Å². The van der Waals surface area contributed by atoms with Crippen molar-refractivity contribution < 1.29 is 15.0 Å². The van der Waals surface area contributed by atoms with E-state index in [0.717, 1.165) is 39.3 Å². The molecule has 9 nitrogen and oxygen atoms in total. The van der Waals surface area contributed by atoms with Crippen molar-refractivity contribution in [3.05, 3.63) is 89.0 Å². The molecule has 0 fully saturated rings. The Morgan fingerprint density at radius 2 is 1.86 bits per heavy atom. The molecule has 3 aromatic heterocycles. The summed E-state index contributed by atoms with van der Waals surface area (Å²) in [6.45, 7) is 7.88. The first-order valence-corrected chi connectivity index (χ1v) is 14.3. The molecule has 0 spiro atoms. The molecule has 0 aliphatic rings. The smallest absolute Gasteiger partial charge is 0.165 e. The second-order valence-corrected chi connectivity index (χ2v) is 11.3. The van der Waals surface area contributed by atoms with Gasteiger partial charge in [-0.3, -0.25) is 4.79 Å². The predicted molar refractivity (Wildman–Crippen MR) is 164 cm³/mol. The zero-order valence-electron chi connectivity index (χ0n) is 24.8. The Morgan fingerprint density at radius 1 is 1.05 bits per heavy atom. The van der Waals surface area contributed by atoms with Crippen molar-refractivity contribution in [1.82, 2.24) is 24.1 Å². The van der Waals surface area contributed by atoms with Gasteiger partial charge < -0.3 is 20.1 Å².